The van der Waals surface area contributed by atoms with Crippen LogP contribution in [0.3, 0.4) is 0 Å². The molecule has 0 radical (unpaired) electrons. The van der Waals surface area contributed by atoms with E-state index in [2.05, 4.69) is 5.32 Å². The summed E-state index contributed by atoms with van der Waals surface area (Å²) in [6.45, 7) is 3.35. The molecule has 0 atom stereocenters. The first-order valence-electron chi connectivity index (χ1n) is 5.77. The molecule has 0 aliphatic heterocycles. The van der Waals surface area contributed by atoms with Gasteiger partial charge in [0, 0.05) is 5.69 Å². The number of primary sulfonamides is 1. The Morgan fingerprint density at radius 2 is 1.95 bits per heavy atom. The number of aryl methyl sites for hydroxylation is 2. The van der Waals surface area contributed by atoms with Crippen molar-refractivity contribution >= 4 is 21.6 Å². The normalized spacial score (nSPS) is 11.3. The van der Waals surface area contributed by atoms with Crippen LogP contribution >= 0.6 is 0 Å². The second kappa shape index (κ2) is 5.10. The number of sulfonamides is 1. The number of furan rings is 1. The smallest absolute Gasteiger partial charge is 0.258 e. The van der Waals surface area contributed by atoms with Crippen LogP contribution < -0.4 is 10.5 Å². The second-order valence-electron chi connectivity index (χ2n) is 4.43. The minimum Gasteiger partial charge on any atom is -0.469 e. The third-order valence-corrected chi connectivity index (χ3v) is 3.80. The lowest BCUT2D eigenvalue weighted by Gasteiger charge is -2.08. The van der Waals surface area contributed by atoms with Crippen LogP contribution in [0.15, 0.2) is 39.8 Å². The largest absolute Gasteiger partial charge is 0.469 e. The summed E-state index contributed by atoms with van der Waals surface area (Å²) in [7, 11) is -3.82. The number of rotatable bonds is 3. The number of nitrogens with two attached hydrogens (primary N) is 1. The van der Waals surface area contributed by atoms with Gasteiger partial charge in [0.1, 0.15) is 12.0 Å². The zero-order valence-corrected chi connectivity index (χ0v) is 11.8. The van der Waals surface area contributed by atoms with Gasteiger partial charge in [-0.05, 0) is 37.6 Å². The van der Waals surface area contributed by atoms with Gasteiger partial charge in [-0.2, -0.15) is 0 Å². The van der Waals surface area contributed by atoms with E-state index in [-0.39, 0.29) is 10.8 Å². The second-order valence-corrected chi connectivity index (χ2v) is 5.96. The number of benzene rings is 1. The molecule has 0 bridgehead atoms. The molecule has 1 aromatic carbocycles. The topological polar surface area (TPSA) is 102 Å². The molecular weight excluding hydrogens is 280 g/mol. The third-order valence-electron chi connectivity index (χ3n) is 2.75. The van der Waals surface area contributed by atoms with E-state index in [4.69, 9.17) is 9.56 Å². The Kier molecular flexibility index (Phi) is 3.65. The average molecular weight is 294 g/mol. The minimum absolute atomic E-state index is 0.0151. The maximum Gasteiger partial charge on any atom is 0.258 e. The summed E-state index contributed by atoms with van der Waals surface area (Å²) >= 11 is 0. The molecule has 0 aliphatic carbocycles. The molecule has 0 fully saturated rings. The molecule has 2 rings (SSSR count). The molecule has 2 aromatic rings. The van der Waals surface area contributed by atoms with E-state index in [1.807, 2.05) is 0 Å². The highest BCUT2D eigenvalue weighted by atomic mass is 32.2. The van der Waals surface area contributed by atoms with Gasteiger partial charge < -0.3 is 9.73 Å². The Morgan fingerprint density at radius 1 is 1.25 bits per heavy atom. The zero-order valence-electron chi connectivity index (χ0n) is 11.0. The molecule has 0 spiro atoms. The summed E-state index contributed by atoms with van der Waals surface area (Å²) in [5.41, 5.74) is 1.23. The maximum absolute atomic E-state index is 11.9. The Bertz CT molecular complexity index is 762. The first-order valence-corrected chi connectivity index (χ1v) is 7.32. The van der Waals surface area contributed by atoms with E-state index in [0.29, 0.717) is 22.6 Å². The molecule has 0 saturated carbocycles. The molecule has 1 amide bonds. The number of hydrogen-bond acceptors (Lipinski definition) is 4. The lowest BCUT2D eigenvalue weighted by atomic mass is 10.2. The average Bonchev–Trinajstić information content (AvgIpc) is 2.77. The van der Waals surface area contributed by atoms with Crippen molar-refractivity contribution in [2.45, 2.75) is 18.7 Å². The molecule has 20 heavy (non-hydrogen) atoms. The molecule has 1 heterocycles. The van der Waals surface area contributed by atoms with Crippen LogP contribution in [0.4, 0.5) is 5.69 Å². The van der Waals surface area contributed by atoms with Crippen molar-refractivity contribution in [1.29, 1.82) is 0 Å². The summed E-state index contributed by atoms with van der Waals surface area (Å²) in [6, 6.07) is 6.10. The Balaban J connectivity index is 2.29. The van der Waals surface area contributed by atoms with E-state index in [9.17, 15) is 13.2 Å². The fourth-order valence-corrected chi connectivity index (χ4v) is 2.56. The number of carbonyl (C=O) groups is 1. The van der Waals surface area contributed by atoms with Gasteiger partial charge in [-0.25, -0.2) is 13.6 Å². The van der Waals surface area contributed by atoms with E-state index >= 15 is 0 Å². The van der Waals surface area contributed by atoms with Gasteiger partial charge in [-0.1, -0.05) is 6.07 Å². The van der Waals surface area contributed by atoms with Crippen molar-refractivity contribution < 1.29 is 17.6 Å². The van der Waals surface area contributed by atoms with Gasteiger partial charge in [0.05, 0.1) is 10.5 Å². The SMILES string of the molecule is Cc1cc(C(=O)Nc2ccc(C)c(S(N)(=O)=O)c2)co1. The first-order chi connectivity index (χ1) is 9.27. The molecule has 0 aliphatic rings. The highest BCUT2D eigenvalue weighted by molar-refractivity contribution is 7.89. The van der Waals surface area contributed by atoms with Gasteiger partial charge in [0.25, 0.3) is 5.91 Å². The predicted molar refractivity (Wildman–Crippen MR) is 74.0 cm³/mol. The van der Waals surface area contributed by atoms with Crippen molar-refractivity contribution in [3.8, 4) is 0 Å². The van der Waals surface area contributed by atoms with Crippen LogP contribution in [0.1, 0.15) is 21.7 Å². The highest BCUT2D eigenvalue weighted by Crippen LogP contribution is 2.19. The van der Waals surface area contributed by atoms with Gasteiger partial charge in [0.2, 0.25) is 10.0 Å². The third kappa shape index (κ3) is 3.06. The molecule has 6 nitrogen and oxygen atoms in total. The molecule has 1 aromatic heterocycles. The quantitative estimate of drug-likeness (QED) is 0.900. The molecule has 0 saturated heterocycles. The van der Waals surface area contributed by atoms with E-state index in [1.54, 1.807) is 32.0 Å². The summed E-state index contributed by atoms with van der Waals surface area (Å²) in [5.74, 6) is 0.232. The van der Waals surface area contributed by atoms with Gasteiger partial charge in [-0.3, -0.25) is 4.79 Å². The van der Waals surface area contributed by atoms with Gasteiger partial charge in [-0.15, -0.1) is 0 Å². The zero-order chi connectivity index (χ0) is 14.9. The van der Waals surface area contributed by atoms with Crippen LogP contribution in [0, 0.1) is 13.8 Å². The standard InChI is InChI=1S/C13H14N2O4S/c1-8-3-4-11(6-12(8)20(14,17)18)15-13(16)10-5-9(2)19-7-10/h3-7H,1-2H3,(H,15,16)(H2,14,17,18). The van der Waals surface area contributed by atoms with E-state index < -0.39 is 10.0 Å². The molecule has 7 heteroatoms. The highest BCUT2D eigenvalue weighted by Gasteiger charge is 2.14. The van der Waals surface area contributed by atoms with Crippen molar-refractivity contribution in [2.75, 3.05) is 5.32 Å². The van der Waals surface area contributed by atoms with Crippen LogP contribution in [0.25, 0.3) is 0 Å². The fourth-order valence-electron chi connectivity index (χ4n) is 1.75. The summed E-state index contributed by atoms with van der Waals surface area (Å²) < 4.78 is 27.9. The van der Waals surface area contributed by atoms with Gasteiger partial charge in [0.15, 0.2) is 0 Å². The number of anilines is 1. The van der Waals surface area contributed by atoms with Crippen molar-refractivity contribution in [3.63, 3.8) is 0 Å². The lowest BCUT2D eigenvalue weighted by molar-refractivity contribution is 0.102. The first kappa shape index (κ1) is 14.3. The maximum atomic E-state index is 11.9. The van der Waals surface area contributed by atoms with Gasteiger partial charge >= 0.3 is 0 Å². The van der Waals surface area contributed by atoms with Crippen LogP contribution in [0.5, 0.6) is 0 Å². The predicted octanol–water partition coefficient (Wildman–Crippen LogP) is 1.80. The fraction of sp³-hybridized carbons (Fsp3) is 0.154. The molecule has 0 unspecified atom stereocenters. The van der Waals surface area contributed by atoms with Crippen molar-refractivity contribution in [2.24, 2.45) is 5.14 Å². The Labute approximate surface area is 116 Å². The number of amides is 1. The number of nitrogens with one attached hydrogen (secondary N) is 1. The van der Waals surface area contributed by atoms with Crippen molar-refractivity contribution in [3.05, 3.63) is 47.4 Å². The monoisotopic (exact) mass is 294 g/mol. The summed E-state index contributed by atoms with van der Waals surface area (Å²) in [4.78, 5) is 11.9. The van der Waals surface area contributed by atoms with Crippen LogP contribution in [-0.4, -0.2) is 14.3 Å². The van der Waals surface area contributed by atoms with Crippen LogP contribution in [0.2, 0.25) is 0 Å². The van der Waals surface area contributed by atoms with E-state index in [0.717, 1.165) is 0 Å². The Hall–Kier alpha value is -2.12. The summed E-state index contributed by atoms with van der Waals surface area (Å²) in [5, 5.41) is 7.71. The number of hydrogen-bond donors (Lipinski definition) is 2. The lowest BCUT2D eigenvalue weighted by Crippen LogP contribution is -2.15. The Morgan fingerprint density at radius 3 is 2.50 bits per heavy atom. The molecular formula is C13H14N2O4S. The minimum atomic E-state index is -3.82. The summed E-state index contributed by atoms with van der Waals surface area (Å²) in [6.07, 6.45) is 1.33. The van der Waals surface area contributed by atoms with Crippen LogP contribution in [-0.2, 0) is 10.0 Å². The number of carbonyl (C=O) groups excluding carboxylic acids is 1. The molecule has 3 N–H and O–H groups in total. The van der Waals surface area contributed by atoms with E-state index in [1.165, 1.54) is 12.3 Å². The van der Waals surface area contributed by atoms with Crippen molar-refractivity contribution in [1.82, 2.24) is 0 Å². The molecule has 106 valence electrons.